The molecule has 0 atom stereocenters. The van der Waals surface area contributed by atoms with E-state index in [4.69, 9.17) is 0 Å². The molecule has 4 heteroatoms. The largest absolute Gasteiger partial charge is 0.311 e. The van der Waals surface area contributed by atoms with Crippen LogP contribution in [0.4, 0.5) is 51.2 Å². The van der Waals surface area contributed by atoms with E-state index in [-0.39, 0.29) is 44.6 Å². The van der Waals surface area contributed by atoms with Crippen LogP contribution >= 0.6 is 0 Å². The fourth-order valence-corrected chi connectivity index (χ4v) is 15.0. The molecule has 2 aliphatic heterocycles. The van der Waals surface area contributed by atoms with E-state index >= 15 is 0 Å². The Morgan fingerprint density at radius 3 is 1.52 bits per heavy atom. The highest BCUT2D eigenvalue weighted by Gasteiger charge is 2.49. The van der Waals surface area contributed by atoms with Gasteiger partial charge in [-0.2, -0.15) is 0 Å². The van der Waals surface area contributed by atoms with Gasteiger partial charge in [-0.1, -0.05) is 196 Å². The van der Waals surface area contributed by atoms with Gasteiger partial charge in [0.05, 0.1) is 5.69 Å². The molecule has 8 aromatic rings. The zero-order chi connectivity index (χ0) is 55.7. The maximum Gasteiger partial charge on any atom is 0.252 e. The zero-order valence-corrected chi connectivity index (χ0v) is 50.3. The molecule has 0 bridgehead atoms. The summed E-state index contributed by atoms with van der Waals surface area (Å²) >= 11 is 0. The Hall–Kier alpha value is -6.78. The van der Waals surface area contributed by atoms with E-state index in [2.05, 4.69) is 283 Å². The first-order chi connectivity index (χ1) is 37.2. The topological polar surface area (TPSA) is 9.72 Å². The lowest BCUT2D eigenvalue weighted by Crippen LogP contribution is -2.62. The lowest BCUT2D eigenvalue weighted by atomic mass is 9.33. The number of nitrogens with zero attached hydrogens (tertiary/aromatic N) is 3. The molecular formula is C75H82BN3. The standard InChI is InChI=1S/C75H82BN3/c1-69(2,3)47-30-33-53-54-28-23-29-62(67(54)75(15,16)56(53)40-47)79-63-44-52(77(49-24-19-17-20-25-49)50-26-21-18-22-27-50)32-35-60(63)76-61-45-58-59(74(13,14)39-38-73(58,11)12)46-64(61)78(65-41-48(70(4,5)6)42-66(79)68(65)76)51-31-34-55-57(43-51)72(9,10)37-36-71(55,7)8/h17-35,40-46H,36-39H2,1-16H3. The number of benzene rings is 8. The highest BCUT2D eigenvalue weighted by molar-refractivity contribution is 7.00. The Morgan fingerprint density at radius 1 is 0.380 bits per heavy atom. The zero-order valence-electron chi connectivity index (χ0n) is 50.3. The van der Waals surface area contributed by atoms with Crippen LogP contribution < -0.4 is 31.1 Å². The summed E-state index contributed by atoms with van der Waals surface area (Å²) in [5.41, 5.74) is 29.0. The molecule has 0 unspecified atom stereocenters. The Balaban J connectivity index is 1.16. The van der Waals surface area contributed by atoms with Gasteiger partial charge >= 0.3 is 0 Å². The molecule has 0 saturated heterocycles. The minimum atomic E-state index is -0.293. The van der Waals surface area contributed by atoms with Gasteiger partial charge in [-0.15, -0.1) is 0 Å². The monoisotopic (exact) mass is 1040 g/mol. The predicted molar refractivity (Wildman–Crippen MR) is 341 cm³/mol. The van der Waals surface area contributed by atoms with Gasteiger partial charge in [-0.05, 0) is 203 Å². The van der Waals surface area contributed by atoms with Crippen molar-refractivity contribution in [1.82, 2.24) is 0 Å². The first kappa shape index (κ1) is 51.6. The summed E-state index contributed by atoms with van der Waals surface area (Å²) in [5.74, 6) is 0. The van der Waals surface area contributed by atoms with Crippen LogP contribution in [0.1, 0.15) is 181 Å². The van der Waals surface area contributed by atoms with E-state index in [1.54, 1.807) is 0 Å². The molecule has 3 aliphatic carbocycles. The van der Waals surface area contributed by atoms with Gasteiger partial charge in [0.15, 0.2) is 0 Å². The first-order valence-electron chi connectivity index (χ1n) is 29.6. The minimum absolute atomic E-state index is 0.0165. The van der Waals surface area contributed by atoms with E-state index < -0.39 is 0 Å². The predicted octanol–water partition coefficient (Wildman–Crippen LogP) is 18.8. The molecule has 79 heavy (non-hydrogen) atoms. The van der Waals surface area contributed by atoms with Crippen LogP contribution in [0, 0.1) is 0 Å². The van der Waals surface area contributed by atoms with Crippen LogP contribution in [0.3, 0.4) is 0 Å². The second kappa shape index (κ2) is 17.1. The molecule has 5 aliphatic rings. The first-order valence-corrected chi connectivity index (χ1v) is 29.6. The molecule has 0 aromatic heterocycles. The van der Waals surface area contributed by atoms with Gasteiger partial charge in [-0.25, -0.2) is 0 Å². The van der Waals surface area contributed by atoms with Gasteiger partial charge in [0, 0.05) is 50.9 Å². The Kier molecular flexibility index (Phi) is 11.2. The lowest BCUT2D eigenvalue weighted by Gasteiger charge is -2.48. The Bertz CT molecular complexity index is 3760. The number of rotatable bonds is 5. The van der Waals surface area contributed by atoms with Crippen LogP contribution in [0.15, 0.2) is 158 Å². The van der Waals surface area contributed by atoms with Crippen LogP contribution in [-0.4, -0.2) is 6.71 Å². The van der Waals surface area contributed by atoms with Crippen molar-refractivity contribution >= 4 is 74.3 Å². The maximum absolute atomic E-state index is 2.74. The Morgan fingerprint density at radius 2 is 0.924 bits per heavy atom. The van der Waals surface area contributed by atoms with Crippen LogP contribution in [0.2, 0.25) is 0 Å². The maximum atomic E-state index is 2.74. The molecule has 400 valence electrons. The van der Waals surface area contributed by atoms with Crippen molar-refractivity contribution in [2.24, 2.45) is 0 Å². The molecule has 0 saturated carbocycles. The molecule has 0 spiro atoms. The van der Waals surface area contributed by atoms with Crippen molar-refractivity contribution in [1.29, 1.82) is 0 Å². The summed E-state index contributed by atoms with van der Waals surface area (Å²) in [7, 11) is 0. The highest BCUT2D eigenvalue weighted by Crippen LogP contribution is 2.58. The molecule has 13 rings (SSSR count). The minimum Gasteiger partial charge on any atom is -0.311 e. The molecule has 2 heterocycles. The summed E-state index contributed by atoms with van der Waals surface area (Å²) in [6, 6.07) is 62.1. The third-order valence-electron chi connectivity index (χ3n) is 20.0. The third-order valence-corrected chi connectivity index (χ3v) is 20.0. The molecule has 3 nitrogen and oxygen atoms in total. The molecule has 0 fully saturated rings. The highest BCUT2D eigenvalue weighted by atomic mass is 15.2. The van der Waals surface area contributed by atoms with Gasteiger partial charge in [-0.3, -0.25) is 0 Å². The average Bonchev–Trinajstić information content (AvgIpc) is 3.91. The second-order valence-electron chi connectivity index (χ2n) is 29.6. The van der Waals surface area contributed by atoms with Gasteiger partial charge in [0.25, 0.3) is 6.71 Å². The summed E-state index contributed by atoms with van der Waals surface area (Å²) in [6.45, 7) is 39.1. The van der Waals surface area contributed by atoms with Crippen LogP contribution in [0.5, 0.6) is 0 Å². The van der Waals surface area contributed by atoms with Gasteiger partial charge < -0.3 is 14.7 Å². The number of anilines is 9. The third kappa shape index (κ3) is 7.87. The fourth-order valence-electron chi connectivity index (χ4n) is 15.0. The number of hydrogen-bond acceptors (Lipinski definition) is 3. The quantitative estimate of drug-likeness (QED) is 0.159. The van der Waals surface area contributed by atoms with Crippen molar-refractivity contribution in [3.63, 3.8) is 0 Å². The van der Waals surface area contributed by atoms with Gasteiger partial charge in [0.2, 0.25) is 0 Å². The number of hydrogen-bond donors (Lipinski definition) is 0. The van der Waals surface area contributed by atoms with Crippen molar-refractivity contribution in [2.45, 2.75) is 174 Å². The van der Waals surface area contributed by atoms with E-state index in [0.29, 0.717) is 0 Å². The summed E-state index contributed by atoms with van der Waals surface area (Å²) in [5, 5.41) is 0. The van der Waals surface area contributed by atoms with Gasteiger partial charge in [0.1, 0.15) is 0 Å². The summed E-state index contributed by atoms with van der Waals surface area (Å²) in [6.07, 6.45) is 4.67. The van der Waals surface area contributed by atoms with E-state index in [9.17, 15) is 0 Å². The van der Waals surface area contributed by atoms with Crippen molar-refractivity contribution in [2.75, 3.05) is 14.7 Å². The van der Waals surface area contributed by atoms with Crippen molar-refractivity contribution in [3.8, 4) is 11.1 Å². The fraction of sp³-hybridized carbons (Fsp3) is 0.360. The van der Waals surface area contributed by atoms with Crippen molar-refractivity contribution < 1.29 is 0 Å². The molecular weight excluding hydrogens is 954 g/mol. The van der Waals surface area contributed by atoms with Crippen molar-refractivity contribution in [3.05, 3.63) is 202 Å². The molecule has 0 radical (unpaired) electrons. The molecule has 0 N–H and O–H groups in total. The van der Waals surface area contributed by atoms with Crippen LogP contribution in [-0.2, 0) is 37.9 Å². The second-order valence-corrected chi connectivity index (χ2v) is 29.6. The lowest BCUT2D eigenvalue weighted by molar-refractivity contribution is 0.332. The number of fused-ring (bicyclic) bond motifs is 9. The van der Waals surface area contributed by atoms with E-state index in [0.717, 1.165) is 29.9 Å². The number of para-hydroxylation sites is 2. The summed E-state index contributed by atoms with van der Waals surface area (Å²) in [4.78, 5) is 7.93. The summed E-state index contributed by atoms with van der Waals surface area (Å²) < 4.78 is 0. The Labute approximate surface area is 474 Å². The van der Waals surface area contributed by atoms with E-state index in [1.165, 1.54) is 119 Å². The normalized spacial score (nSPS) is 18.4. The SMILES string of the molecule is CC(C)(C)c1cc2c3c(c1)N(c1cccc4c1C(C)(C)c1cc(C(C)(C)C)ccc1-4)c1cc(N(c4ccccc4)c4ccccc4)ccc1B3c1cc3c(cc1N2c1ccc2c(c1)C(C)(C)CCC2(C)C)C(C)(C)CCC3(C)C. The molecule has 8 aromatic carbocycles. The van der Waals surface area contributed by atoms with E-state index in [1.807, 2.05) is 0 Å². The molecule has 0 amide bonds. The van der Waals surface area contributed by atoms with Crippen LogP contribution in [0.25, 0.3) is 11.1 Å². The average molecular weight is 1040 g/mol. The smallest absolute Gasteiger partial charge is 0.252 e.